The maximum atomic E-state index is 10.7. The minimum absolute atomic E-state index is 0.0379. The summed E-state index contributed by atoms with van der Waals surface area (Å²) in [7, 11) is 0. The number of hydroxylamine groups is 1. The third-order valence-corrected chi connectivity index (χ3v) is 4.27. The highest BCUT2D eigenvalue weighted by Gasteiger charge is 2.40. The van der Waals surface area contributed by atoms with Gasteiger partial charge >= 0.3 is 0 Å². The first-order valence-electron chi connectivity index (χ1n) is 6.97. The number of carbonyl (C=O) groups is 1. The van der Waals surface area contributed by atoms with Gasteiger partial charge in [0.15, 0.2) is 0 Å². The number of nitrogens with one attached hydrogen (secondary N) is 1. The van der Waals surface area contributed by atoms with Crippen LogP contribution in [0.3, 0.4) is 0 Å². The Morgan fingerprint density at radius 3 is 2.50 bits per heavy atom. The van der Waals surface area contributed by atoms with Gasteiger partial charge in [-0.15, -0.1) is 0 Å². The van der Waals surface area contributed by atoms with Crippen molar-refractivity contribution in [2.45, 2.75) is 45.2 Å². The molecule has 1 amide bonds. The van der Waals surface area contributed by atoms with Crippen LogP contribution < -0.4 is 11.2 Å². The number of carbonyl (C=O) groups excluding carboxylic acids is 1. The first kappa shape index (κ1) is 13.8. The topological polar surface area (TPSA) is 67.6 Å². The maximum Gasteiger partial charge on any atom is 0.245 e. The minimum Gasteiger partial charge on any atom is -0.368 e. The Hall–Kier alpha value is -0.650. The highest BCUT2D eigenvalue weighted by Crippen LogP contribution is 2.35. The van der Waals surface area contributed by atoms with Crippen molar-refractivity contribution >= 4 is 5.91 Å². The van der Waals surface area contributed by atoms with Crippen LogP contribution in [-0.4, -0.2) is 42.6 Å². The first-order valence-corrected chi connectivity index (χ1v) is 6.97. The normalized spacial score (nSPS) is 32.7. The van der Waals surface area contributed by atoms with E-state index in [2.05, 4.69) is 24.2 Å². The third kappa shape index (κ3) is 3.22. The van der Waals surface area contributed by atoms with E-state index in [9.17, 15) is 4.79 Å². The fraction of sp³-hybridized carbons (Fsp3) is 0.923. The summed E-state index contributed by atoms with van der Waals surface area (Å²) in [5, 5.41) is 0. The second kappa shape index (κ2) is 5.99. The van der Waals surface area contributed by atoms with E-state index in [1.54, 1.807) is 0 Å². The molecule has 1 saturated carbocycles. The van der Waals surface area contributed by atoms with Crippen molar-refractivity contribution in [2.24, 2.45) is 17.6 Å². The molecule has 2 fully saturated rings. The molecule has 0 radical (unpaired) electrons. The number of nitrogens with two attached hydrogens (primary N) is 1. The van der Waals surface area contributed by atoms with Gasteiger partial charge in [-0.25, -0.2) is 0 Å². The highest BCUT2D eigenvalue weighted by atomic mass is 16.6. The van der Waals surface area contributed by atoms with Crippen LogP contribution in [0.5, 0.6) is 0 Å². The van der Waals surface area contributed by atoms with Crippen molar-refractivity contribution in [3.8, 4) is 0 Å². The summed E-state index contributed by atoms with van der Waals surface area (Å²) >= 11 is 0. The zero-order valence-electron chi connectivity index (χ0n) is 11.4. The van der Waals surface area contributed by atoms with E-state index < -0.39 is 5.91 Å². The summed E-state index contributed by atoms with van der Waals surface area (Å²) in [5.74, 6) is 0.841. The maximum absolute atomic E-state index is 10.7. The Kier molecular flexibility index (Phi) is 4.59. The molecule has 0 aromatic carbocycles. The van der Waals surface area contributed by atoms with E-state index in [-0.39, 0.29) is 6.61 Å². The molecule has 18 heavy (non-hydrogen) atoms. The first-order chi connectivity index (χ1) is 8.58. The van der Waals surface area contributed by atoms with Gasteiger partial charge in [0.25, 0.3) is 0 Å². The molecule has 2 atom stereocenters. The fourth-order valence-electron chi connectivity index (χ4n) is 3.30. The van der Waals surface area contributed by atoms with Gasteiger partial charge in [-0.2, -0.15) is 5.48 Å². The summed E-state index contributed by atoms with van der Waals surface area (Å²) in [6.07, 6.45) is 3.81. The van der Waals surface area contributed by atoms with Crippen LogP contribution in [0.4, 0.5) is 0 Å². The van der Waals surface area contributed by atoms with E-state index >= 15 is 0 Å². The molecule has 0 aromatic heterocycles. The number of likely N-dealkylation sites (tertiary alicyclic amines) is 1. The fourth-order valence-corrected chi connectivity index (χ4v) is 3.30. The molecule has 5 nitrogen and oxygen atoms in total. The largest absolute Gasteiger partial charge is 0.368 e. The van der Waals surface area contributed by atoms with E-state index in [1.165, 1.54) is 19.3 Å². The molecule has 5 heteroatoms. The van der Waals surface area contributed by atoms with Crippen LogP contribution in [0.1, 0.15) is 33.1 Å². The lowest BCUT2D eigenvalue weighted by molar-refractivity contribution is -0.129. The second-order valence-electron chi connectivity index (χ2n) is 5.90. The van der Waals surface area contributed by atoms with Crippen molar-refractivity contribution in [1.29, 1.82) is 0 Å². The number of piperidine rings is 1. The van der Waals surface area contributed by atoms with Gasteiger partial charge in [-0.05, 0) is 38.5 Å². The van der Waals surface area contributed by atoms with E-state index in [1.807, 2.05) is 0 Å². The van der Waals surface area contributed by atoms with Crippen LogP contribution in [0.25, 0.3) is 0 Å². The summed E-state index contributed by atoms with van der Waals surface area (Å²) in [6.45, 7) is 6.74. The molecule has 1 saturated heterocycles. The molecule has 104 valence electrons. The number of hydrogen-bond acceptors (Lipinski definition) is 4. The van der Waals surface area contributed by atoms with E-state index in [4.69, 9.17) is 10.6 Å². The predicted octanol–water partition coefficient (Wildman–Crippen LogP) is 0.502. The Morgan fingerprint density at radius 2 is 2.00 bits per heavy atom. The van der Waals surface area contributed by atoms with Crippen molar-refractivity contribution in [3.63, 3.8) is 0 Å². The lowest BCUT2D eigenvalue weighted by Crippen LogP contribution is -2.58. The van der Waals surface area contributed by atoms with Gasteiger partial charge in [0.2, 0.25) is 5.91 Å². The van der Waals surface area contributed by atoms with Crippen molar-refractivity contribution in [1.82, 2.24) is 10.4 Å². The molecule has 1 aliphatic carbocycles. The molecular formula is C13H25N3O2. The highest BCUT2D eigenvalue weighted by molar-refractivity contribution is 5.74. The Balaban J connectivity index is 1.89. The average molecular weight is 255 g/mol. The smallest absolute Gasteiger partial charge is 0.245 e. The average Bonchev–Trinajstić information content (AvgIpc) is 2.27. The van der Waals surface area contributed by atoms with Crippen LogP contribution in [-0.2, 0) is 9.63 Å². The van der Waals surface area contributed by atoms with Gasteiger partial charge in [-0.3, -0.25) is 9.63 Å². The number of amides is 1. The molecule has 1 heterocycles. The third-order valence-electron chi connectivity index (χ3n) is 4.27. The molecule has 0 spiro atoms. The summed E-state index contributed by atoms with van der Waals surface area (Å²) in [5.41, 5.74) is 8.16. The van der Waals surface area contributed by atoms with Gasteiger partial charge in [0, 0.05) is 25.2 Å². The van der Waals surface area contributed by atoms with E-state index in [0.717, 1.165) is 13.1 Å². The van der Waals surface area contributed by atoms with Gasteiger partial charge in [0.05, 0.1) is 0 Å². The molecule has 2 unspecified atom stereocenters. The second-order valence-corrected chi connectivity index (χ2v) is 5.90. The Bertz CT molecular complexity index is 282. The number of hydrogen-bond donors (Lipinski definition) is 2. The minimum atomic E-state index is -0.424. The molecule has 3 N–H and O–H groups in total. The van der Waals surface area contributed by atoms with Gasteiger partial charge in [-0.1, -0.05) is 6.42 Å². The number of fused-ring (bicyclic) bond motifs is 2. The Morgan fingerprint density at radius 1 is 1.39 bits per heavy atom. The molecule has 1 aliphatic heterocycles. The summed E-state index contributed by atoms with van der Waals surface area (Å²) < 4.78 is 0. The monoisotopic (exact) mass is 255 g/mol. The Labute approximate surface area is 109 Å². The SMILES string of the molecule is CC(C)N1CC2CCCC(C1)C2NOCC(N)=O. The number of primary amides is 1. The molecule has 2 bridgehead atoms. The molecule has 0 aromatic rings. The lowest BCUT2D eigenvalue weighted by Gasteiger charge is -2.48. The standard InChI is InChI=1S/C13H25N3O2/c1-9(2)16-6-10-4-3-5-11(7-16)13(10)15-18-8-12(14)17/h9-11,13,15H,3-8H2,1-2H3,(H2,14,17). The van der Waals surface area contributed by atoms with Crippen molar-refractivity contribution in [2.75, 3.05) is 19.7 Å². The molecular weight excluding hydrogens is 230 g/mol. The zero-order chi connectivity index (χ0) is 13.1. The van der Waals surface area contributed by atoms with E-state index in [0.29, 0.717) is 23.9 Å². The van der Waals surface area contributed by atoms with Crippen LogP contribution in [0.2, 0.25) is 0 Å². The summed E-state index contributed by atoms with van der Waals surface area (Å²) in [6, 6.07) is 0.994. The van der Waals surface area contributed by atoms with Crippen molar-refractivity contribution < 1.29 is 9.63 Å². The molecule has 2 aliphatic rings. The number of nitrogens with zero attached hydrogens (tertiary/aromatic N) is 1. The number of rotatable bonds is 5. The predicted molar refractivity (Wildman–Crippen MR) is 69.6 cm³/mol. The molecule has 2 rings (SSSR count). The van der Waals surface area contributed by atoms with Crippen LogP contribution in [0, 0.1) is 11.8 Å². The van der Waals surface area contributed by atoms with Gasteiger partial charge in [0.1, 0.15) is 6.61 Å². The quantitative estimate of drug-likeness (QED) is 0.702. The zero-order valence-corrected chi connectivity index (χ0v) is 11.4. The summed E-state index contributed by atoms with van der Waals surface area (Å²) in [4.78, 5) is 18.5. The van der Waals surface area contributed by atoms with Crippen LogP contribution >= 0.6 is 0 Å². The van der Waals surface area contributed by atoms with Gasteiger partial charge < -0.3 is 10.6 Å². The van der Waals surface area contributed by atoms with Crippen LogP contribution in [0.15, 0.2) is 0 Å². The lowest BCUT2D eigenvalue weighted by atomic mass is 9.73. The van der Waals surface area contributed by atoms with Crippen molar-refractivity contribution in [3.05, 3.63) is 0 Å².